The molecule has 1 aliphatic carbocycles. The largest absolute Gasteiger partial charge is 0.493 e. The molecule has 26 heavy (non-hydrogen) atoms. The lowest BCUT2D eigenvalue weighted by atomic mass is 9.91. The highest BCUT2D eigenvalue weighted by Gasteiger charge is 2.42. The fraction of sp³-hybridized carbons (Fsp3) is 0.550. The van der Waals surface area contributed by atoms with Crippen molar-refractivity contribution in [2.45, 2.75) is 44.4 Å². The number of carbonyl (C=O) groups is 1. The molecule has 0 radical (unpaired) electrons. The minimum absolute atomic E-state index is 0.122. The fourth-order valence-corrected chi connectivity index (χ4v) is 3.36. The molecule has 1 aromatic carbocycles. The van der Waals surface area contributed by atoms with Crippen LogP contribution in [-0.4, -0.2) is 42.2 Å². The van der Waals surface area contributed by atoms with E-state index < -0.39 is 18.2 Å². The molecule has 0 heterocycles. The topological polar surface area (TPSA) is 76.0 Å². The van der Waals surface area contributed by atoms with Gasteiger partial charge in [0.05, 0.1) is 19.8 Å². The minimum atomic E-state index is -1.07. The third kappa shape index (κ3) is 5.73. The van der Waals surface area contributed by atoms with Crippen LogP contribution >= 0.6 is 0 Å². The van der Waals surface area contributed by atoms with E-state index in [1.54, 1.807) is 19.2 Å². The number of aliphatic carboxylic acids is 1. The third-order valence-corrected chi connectivity index (χ3v) is 4.81. The van der Waals surface area contributed by atoms with Crippen LogP contribution in [0.5, 0.6) is 11.5 Å². The highest BCUT2D eigenvalue weighted by Crippen LogP contribution is 2.38. The van der Waals surface area contributed by atoms with Crippen LogP contribution in [0.15, 0.2) is 36.4 Å². The lowest BCUT2D eigenvalue weighted by Gasteiger charge is -2.22. The third-order valence-electron chi connectivity index (χ3n) is 4.81. The van der Waals surface area contributed by atoms with E-state index in [4.69, 9.17) is 14.6 Å². The molecule has 144 valence electrons. The number of alkyl halides is 1. The number of carboxylic acid groups (broad SMARTS) is 1. The van der Waals surface area contributed by atoms with E-state index in [1.807, 2.05) is 24.3 Å². The van der Waals surface area contributed by atoms with Crippen LogP contribution in [0.4, 0.5) is 4.39 Å². The summed E-state index contributed by atoms with van der Waals surface area (Å²) in [6.07, 6.45) is 3.95. The number of hydrogen-bond acceptors (Lipinski definition) is 4. The van der Waals surface area contributed by atoms with E-state index in [-0.39, 0.29) is 31.3 Å². The van der Waals surface area contributed by atoms with Crippen molar-refractivity contribution in [3.8, 4) is 11.5 Å². The van der Waals surface area contributed by atoms with Crippen LogP contribution in [0, 0.1) is 11.8 Å². The average molecular weight is 366 g/mol. The summed E-state index contributed by atoms with van der Waals surface area (Å²) in [5.41, 5.74) is 0. The smallest absolute Gasteiger partial charge is 0.303 e. The quantitative estimate of drug-likeness (QED) is 0.489. The zero-order valence-corrected chi connectivity index (χ0v) is 15.0. The molecule has 0 saturated heterocycles. The number of hydrogen-bond donors (Lipinski definition) is 2. The van der Waals surface area contributed by atoms with E-state index in [9.17, 15) is 14.3 Å². The number of methoxy groups -OCH3 is 1. The van der Waals surface area contributed by atoms with Gasteiger partial charge in [-0.05, 0) is 31.4 Å². The average Bonchev–Trinajstić information content (AvgIpc) is 2.89. The Morgan fingerprint density at radius 1 is 1.27 bits per heavy atom. The Balaban J connectivity index is 1.88. The van der Waals surface area contributed by atoms with Gasteiger partial charge < -0.3 is 19.7 Å². The number of halogens is 1. The number of benzene rings is 1. The molecule has 1 fully saturated rings. The molecule has 1 saturated carbocycles. The summed E-state index contributed by atoms with van der Waals surface area (Å²) in [5, 5.41) is 18.8. The van der Waals surface area contributed by atoms with Gasteiger partial charge in [-0.3, -0.25) is 4.79 Å². The molecule has 5 nitrogen and oxygen atoms in total. The standard InChI is InChI=1S/C20H27FO5/c1-25-18-9-6-7-10-19(18)26-13-15-14(16(21)12-17(15)22)8-4-2-3-5-11-20(23)24/h2,4,6-7,9-10,14-17,22H,3,5,8,11-13H2,1H3,(H,23,24)/t14-,15-,16?,17-/m1/s1. The van der Waals surface area contributed by atoms with Crippen molar-refractivity contribution >= 4 is 5.97 Å². The molecule has 0 spiro atoms. The predicted octanol–water partition coefficient (Wildman–Crippen LogP) is 3.61. The molecular formula is C20H27FO5. The van der Waals surface area contributed by atoms with Crippen molar-refractivity contribution in [2.24, 2.45) is 11.8 Å². The Bertz CT molecular complexity index is 604. The SMILES string of the molecule is COc1ccccc1OC[C@H]1[C@H](O)CC(F)[C@@H]1CC=CCCCC(=O)O. The summed E-state index contributed by atoms with van der Waals surface area (Å²) in [7, 11) is 1.56. The number of carboxylic acids is 1. The summed E-state index contributed by atoms with van der Waals surface area (Å²) in [6.45, 7) is 0.222. The lowest BCUT2D eigenvalue weighted by molar-refractivity contribution is -0.137. The number of aliphatic hydroxyl groups excluding tert-OH is 1. The van der Waals surface area contributed by atoms with Gasteiger partial charge in [0.1, 0.15) is 6.17 Å². The van der Waals surface area contributed by atoms with E-state index in [0.717, 1.165) is 0 Å². The van der Waals surface area contributed by atoms with Gasteiger partial charge in [-0.2, -0.15) is 0 Å². The van der Waals surface area contributed by atoms with E-state index in [1.165, 1.54) is 0 Å². The number of para-hydroxylation sites is 2. The number of rotatable bonds is 10. The first kappa shape index (κ1) is 20.2. The van der Waals surface area contributed by atoms with Crippen LogP contribution in [-0.2, 0) is 4.79 Å². The second kappa shape index (κ2) is 10.2. The predicted molar refractivity (Wildman–Crippen MR) is 96.2 cm³/mol. The second-order valence-corrected chi connectivity index (χ2v) is 6.60. The summed E-state index contributed by atoms with van der Waals surface area (Å²) < 4.78 is 25.3. The zero-order chi connectivity index (χ0) is 18.9. The molecule has 1 unspecified atom stereocenters. The van der Waals surface area contributed by atoms with Gasteiger partial charge in [0.25, 0.3) is 0 Å². The molecule has 0 aromatic heterocycles. The van der Waals surface area contributed by atoms with Crippen molar-refractivity contribution in [1.82, 2.24) is 0 Å². The molecule has 4 atom stereocenters. The van der Waals surface area contributed by atoms with Crippen LogP contribution in [0.2, 0.25) is 0 Å². The fourth-order valence-electron chi connectivity index (χ4n) is 3.36. The summed E-state index contributed by atoms with van der Waals surface area (Å²) in [5.74, 6) is -0.233. The van der Waals surface area contributed by atoms with Crippen LogP contribution in [0.25, 0.3) is 0 Å². The molecule has 0 aliphatic heterocycles. The zero-order valence-electron chi connectivity index (χ0n) is 15.0. The van der Waals surface area contributed by atoms with E-state index >= 15 is 0 Å². The summed E-state index contributed by atoms with van der Waals surface area (Å²) in [6, 6.07) is 7.24. The van der Waals surface area contributed by atoms with Crippen LogP contribution < -0.4 is 9.47 Å². The number of aliphatic hydroxyl groups is 1. The molecular weight excluding hydrogens is 339 g/mol. The summed E-state index contributed by atoms with van der Waals surface area (Å²) >= 11 is 0. The summed E-state index contributed by atoms with van der Waals surface area (Å²) in [4.78, 5) is 10.5. The van der Waals surface area contributed by atoms with Gasteiger partial charge in [-0.25, -0.2) is 4.39 Å². The number of unbranched alkanes of at least 4 members (excludes halogenated alkanes) is 1. The van der Waals surface area contributed by atoms with Crippen LogP contribution in [0.1, 0.15) is 32.1 Å². The molecule has 0 bridgehead atoms. The van der Waals surface area contributed by atoms with E-state index in [0.29, 0.717) is 30.8 Å². The van der Waals surface area contributed by atoms with Crippen LogP contribution in [0.3, 0.4) is 0 Å². The van der Waals surface area contributed by atoms with Crippen molar-refractivity contribution in [1.29, 1.82) is 0 Å². The Morgan fingerprint density at radius 3 is 2.69 bits per heavy atom. The Kier molecular flexibility index (Phi) is 7.91. The minimum Gasteiger partial charge on any atom is -0.493 e. The van der Waals surface area contributed by atoms with E-state index in [2.05, 4.69) is 0 Å². The Labute approximate surface area is 153 Å². The maximum atomic E-state index is 14.3. The van der Waals surface area contributed by atoms with Gasteiger partial charge in [-0.15, -0.1) is 0 Å². The van der Waals surface area contributed by atoms with Gasteiger partial charge in [0, 0.05) is 24.7 Å². The first-order valence-corrected chi connectivity index (χ1v) is 8.97. The Morgan fingerprint density at radius 2 is 2.00 bits per heavy atom. The first-order valence-electron chi connectivity index (χ1n) is 8.97. The number of ether oxygens (including phenoxy) is 2. The molecule has 1 aliphatic rings. The Hall–Kier alpha value is -2.08. The maximum absolute atomic E-state index is 14.3. The van der Waals surface area contributed by atoms with Gasteiger partial charge in [0.2, 0.25) is 0 Å². The maximum Gasteiger partial charge on any atom is 0.303 e. The lowest BCUT2D eigenvalue weighted by Crippen LogP contribution is -2.27. The molecule has 2 rings (SSSR count). The van der Waals surface area contributed by atoms with Crippen molar-refractivity contribution in [2.75, 3.05) is 13.7 Å². The highest BCUT2D eigenvalue weighted by atomic mass is 19.1. The van der Waals surface area contributed by atoms with Gasteiger partial charge in [-0.1, -0.05) is 24.3 Å². The highest BCUT2D eigenvalue weighted by molar-refractivity contribution is 5.66. The monoisotopic (exact) mass is 366 g/mol. The van der Waals surface area contributed by atoms with Gasteiger partial charge in [0.15, 0.2) is 11.5 Å². The molecule has 1 aromatic rings. The van der Waals surface area contributed by atoms with Crippen molar-refractivity contribution in [3.63, 3.8) is 0 Å². The van der Waals surface area contributed by atoms with Gasteiger partial charge >= 0.3 is 5.97 Å². The first-order chi connectivity index (χ1) is 12.5. The second-order valence-electron chi connectivity index (χ2n) is 6.60. The van der Waals surface area contributed by atoms with Crippen molar-refractivity contribution < 1.29 is 28.9 Å². The number of allylic oxidation sites excluding steroid dienone is 2. The molecule has 6 heteroatoms. The molecule has 0 amide bonds. The normalized spacial score (nSPS) is 25.5. The molecule has 2 N–H and O–H groups in total. The van der Waals surface area contributed by atoms with Crippen molar-refractivity contribution in [3.05, 3.63) is 36.4 Å².